The molecule has 1 saturated heterocycles. The number of para-hydroxylation sites is 2. The molecule has 1 aromatic carbocycles. The predicted octanol–water partition coefficient (Wildman–Crippen LogP) is -2.06. The molecule has 2 aliphatic heterocycles. The molecule has 1 amide bonds. The lowest BCUT2D eigenvalue weighted by Crippen LogP contribution is -2.61. The summed E-state index contributed by atoms with van der Waals surface area (Å²) in [6, 6.07) is 6.16. The van der Waals surface area contributed by atoms with Crippen molar-refractivity contribution >= 4 is 11.6 Å². The number of nitrogens with zero attached hydrogens (tertiary/aromatic N) is 1. The molecule has 5 N–H and O–H groups in total. The van der Waals surface area contributed by atoms with Crippen molar-refractivity contribution in [3.8, 4) is 5.75 Å². The van der Waals surface area contributed by atoms with Crippen molar-refractivity contribution in [2.45, 2.75) is 37.0 Å². The van der Waals surface area contributed by atoms with E-state index in [4.69, 9.17) is 19.3 Å². The van der Waals surface area contributed by atoms with E-state index in [1.54, 1.807) is 12.1 Å². The quantitative estimate of drug-likeness (QED) is 0.391. The Morgan fingerprint density at radius 2 is 1.83 bits per heavy atom. The number of hydrogen-bond acceptors (Lipinski definition) is 9. The monoisotopic (exact) mass is 343 g/mol. The summed E-state index contributed by atoms with van der Waals surface area (Å²) in [6.45, 7) is -0.640. The smallest absolute Gasteiger partial charge is 0.320 e. The minimum Gasteiger partial charge on any atom is -0.453 e. The number of aliphatic hydroxyl groups excluding tert-OH is 4. The van der Waals surface area contributed by atoms with Crippen LogP contribution in [0.5, 0.6) is 5.75 Å². The van der Waals surface area contributed by atoms with E-state index in [9.17, 15) is 25.3 Å². The van der Waals surface area contributed by atoms with Gasteiger partial charge in [0.1, 0.15) is 35.9 Å². The lowest BCUT2D eigenvalue weighted by atomic mass is 9.99. The van der Waals surface area contributed by atoms with Gasteiger partial charge in [-0.15, -0.1) is 0 Å². The molecule has 2 aliphatic rings. The number of benzene rings is 1. The van der Waals surface area contributed by atoms with E-state index in [0.717, 1.165) is 0 Å². The van der Waals surface area contributed by atoms with E-state index in [1.165, 1.54) is 12.1 Å². The van der Waals surface area contributed by atoms with Crippen molar-refractivity contribution in [1.82, 2.24) is 0 Å². The average molecular weight is 343 g/mol. The van der Waals surface area contributed by atoms with Crippen LogP contribution in [-0.4, -0.2) is 75.1 Å². The van der Waals surface area contributed by atoms with Gasteiger partial charge in [-0.3, -0.25) is 10.0 Å². The van der Waals surface area contributed by atoms with E-state index < -0.39 is 49.5 Å². The first-order valence-corrected chi connectivity index (χ1v) is 7.18. The zero-order valence-corrected chi connectivity index (χ0v) is 12.3. The maximum Gasteiger partial charge on any atom is 0.320 e. The molecule has 10 nitrogen and oxygen atoms in total. The third-order valence-electron chi connectivity index (χ3n) is 3.84. The van der Waals surface area contributed by atoms with E-state index >= 15 is 0 Å². The SMILES string of the molecule is O=C1[C@H](O[C@@H]2O[C@H](CO)[C@@H](O)[C@H](O)[C@H]2O)Oc2ccccc2N1O. The molecule has 6 atom stereocenters. The van der Waals surface area contributed by atoms with Crippen LogP contribution in [0.4, 0.5) is 5.69 Å². The minimum absolute atomic E-state index is 0.121. The largest absolute Gasteiger partial charge is 0.453 e. The Balaban J connectivity index is 1.77. The Bertz CT molecular complexity index is 610. The molecular formula is C14H17NO9. The number of fused-ring (bicyclic) bond motifs is 1. The molecule has 10 heteroatoms. The van der Waals surface area contributed by atoms with Crippen LogP contribution in [-0.2, 0) is 14.3 Å². The Morgan fingerprint density at radius 3 is 2.54 bits per heavy atom. The van der Waals surface area contributed by atoms with Crippen LogP contribution in [0.3, 0.4) is 0 Å². The number of ether oxygens (including phenoxy) is 3. The third kappa shape index (κ3) is 2.84. The molecule has 0 saturated carbocycles. The molecule has 24 heavy (non-hydrogen) atoms. The Hall–Kier alpha value is -1.79. The Kier molecular flexibility index (Phi) is 4.69. The Morgan fingerprint density at radius 1 is 1.12 bits per heavy atom. The average Bonchev–Trinajstić information content (AvgIpc) is 2.59. The van der Waals surface area contributed by atoms with Crippen molar-refractivity contribution < 1.29 is 44.6 Å². The lowest BCUT2D eigenvalue weighted by molar-refractivity contribution is -0.323. The number of hydrogen-bond donors (Lipinski definition) is 5. The maximum absolute atomic E-state index is 12.1. The number of anilines is 1. The molecule has 0 unspecified atom stereocenters. The van der Waals surface area contributed by atoms with Gasteiger partial charge in [-0.05, 0) is 12.1 Å². The van der Waals surface area contributed by atoms with E-state index in [0.29, 0.717) is 5.06 Å². The maximum atomic E-state index is 12.1. The molecule has 0 aromatic heterocycles. The van der Waals surface area contributed by atoms with Crippen LogP contribution in [0.2, 0.25) is 0 Å². The second-order valence-electron chi connectivity index (χ2n) is 5.40. The first-order chi connectivity index (χ1) is 11.4. The summed E-state index contributed by atoms with van der Waals surface area (Å²) in [5.41, 5.74) is 0.121. The van der Waals surface area contributed by atoms with Crippen LogP contribution < -0.4 is 9.80 Å². The minimum atomic E-state index is -1.69. The van der Waals surface area contributed by atoms with Crippen molar-refractivity contribution in [2.24, 2.45) is 0 Å². The third-order valence-corrected chi connectivity index (χ3v) is 3.84. The fourth-order valence-electron chi connectivity index (χ4n) is 2.50. The summed E-state index contributed by atoms with van der Waals surface area (Å²) in [4.78, 5) is 12.1. The zero-order chi connectivity index (χ0) is 17.4. The number of rotatable bonds is 3. The van der Waals surface area contributed by atoms with Gasteiger partial charge in [0.2, 0.25) is 0 Å². The van der Waals surface area contributed by atoms with Crippen LogP contribution in [0.15, 0.2) is 24.3 Å². The zero-order valence-electron chi connectivity index (χ0n) is 12.3. The standard InChI is InChI=1S/C14H17NO9/c16-5-8-9(17)10(18)11(19)13(23-8)24-14-12(20)15(21)6-3-1-2-4-7(6)22-14/h1-4,8-11,13-14,16-19,21H,5H2/t8-,9-,10+,11-,13+,14+/m1/s1. The molecule has 0 aliphatic carbocycles. The van der Waals surface area contributed by atoms with Crippen molar-refractivity contribution in [2.75, 3.05) is 11.7 Å². The molecule has 0 bridgehead atoms. The van der Waals surface area contributed by atoms with Crippen molar-refractivity contribution in [1.29, 1.82) is 0 Å². The second kappa shape index (κ2) is 6.61. The van der Waals surface area contributed by atoms with Crippen LogP contribution in [0.25, 0.3) is 0 Å². The number of aliphatic hydroxyl groups is 4. The van der Waals surface area contributed by atoms with Crippen molar-refractivity contribution in [3.05, 3.63) is 24.3 Å². The van der Waals surface area contributed by atoms with Crippen molar-refractivity contribution in [3.63, 3.8) is 0 Å². The highest BCUT2D eigenvalue weighted by Gasteiger charge is 2.47. The molecular weight excluding hydrogens is 326 g/mol. The lowest BCUT2D eigenvalue weighted by Gasteiger charge is -2.41. The molecule has 3 rings (SSSR count). The topological polar surface area (TPSA) is 149 Å². The molecule has 2 heterocycles. The van der Waals surface area contributed by atoms with Gasteiger partial charge in [0, 0.05) is 0 Å². The van der Waals surface area contributed by atoms with E-state index in [-0.39, 0.29) is 11.4 Å². The van der Waals surface area contributed by atoms with Crippen LogP contribution in [0, 0.1) is 0 Å². The van der Waals surface area contributed by atoms with Gasteiger partial charge in [-0.1, -0.05) is 12.1 Å². The van der Waals surface area contributed by atoms with Gasteiger partial charge in [0.25, 0.3) is 6.29 Å². The van der Waals surface area contributed by atoms with E-state index in [2.05, 4.69) is 0 Å². The Labute approximate surface area is 136 Å². The number of amides is 1. The van der Waals surface area contributed by atoms with Gasteiger partial charge < -0.3 is 34.6 Å². The molecule has 1 fully saturated rings. The van der Waals surface area contributed by atoms with Crippen LogP contribution in [0.1, 0.15) is 0 Å². The van der Waals surface area contributed by atoms with E-state index in [1.807, 2.05) is 0 Å². The second-order valence-corrected chi connectivity index (χ2v) is 5.40. The number of carbonyl (C=O) groups is 1. The predicted molar refractivity (Wildman–Crippen MR) is 75.0 cm³/mol. The summed E-state index contributed by atoms with van der Waals surface area (Å²) in [7, 11) is 0. The first kappa shape index (κ1) is 17.0. The normalized spacial score (nSPS) is 36.2. The molecule has 132 valence electrons. The van der Waals surface area contributed by atoms with Gasteiger partial charge in [0.05, 0.1) is 6.61 Å². The van der Waals surface area contributed by atoms with Gasteiger partial charge >= 0.3 is 5.91 Å². The summed E-state index contributed by atoms with van der Waals surface area (Å²) in [5.74, 6) is -0.806. The highest BCUT2D eigenvalue weighted by atomic mass is 16.8. The fraction of sp³-hybridized carbons (Fsp3) is 0.500. The highest BCUT2D eigenvalue weighted by Crippen LogP contribution is 2.34. The first-order valence-electron chi connectivity index (χ1n) is 7.18. The summed E-state index contributed by atoms with van der Waals surface area (Å²) in [5, 5.41) is 48.7. The van der Waals surface area contributed by atoms with Gasteiger partial charge in [-0.2, -0.15) is 5.06 Å². The summed E-state index contributed by atoms with van der Waals surface area (Å²) < 4.78 is 15.7. The van der Waals surface area contributed by atoms with Gasteiger partial charge in [0.15, 0.2) is 6.29 Å². The number of carbonyl (C=O) groups excluding carboxylic acids is 1. The summed E-state index contributed by atoms with van der Waals surface area (Å²) in [6.07, 6.45) is -9.30. The molecule has 0 radical (unpaired) electrons. The fourth-order valence-corrected chi connectivity index (χ4v) is 2.50. The highest BCUT2D eigenvalue weighted by molar-refractivity contribution is 5.97. The number of hydroxylamine groups is 1. The summed E-state index contributed by atoms with van der Waals surface area (Å²) >= 11 is 0. The molecule has 0 spiro atoms. The molecule has 1 aromatic rings. The van der Waals surface area contributed by atoms with Gasteiger partial charge in [-0.25, -0.2) is 0 Å². The van der Waals surface area contributed by atoms with Crippen LogP contribution >= 0.6 is 0 Å².